The Morgan fingerprint density at radius 3 is 2.33 bits per heavy atom. The van der Waals surface area contributed by atoms with Crippen LogP contribution in [0.3, 0.4) is 0 Å². The maximum atomic E-state index is 12.8. The molecule has 1 amide bonds. The van der Waals surface area contributed by atoms with E-state index >= 15 is 0 Å². The normalized spacial score (nSPS) is 10.4. The van der Waals surface area contributed by atoms with E-state index in [9.17, 15) is 14.7 Å². The number of carboxylic acids is 1. The molecular weight excluding hydrogens is 395 g/mol. The van der Waals surface area contributed by atoms with Gasteiger partial charge in [0, 0.05) is 6.07 Å². The van der Waals surface area contributed by atoms with Crippen LogP contribution in [0.15, 0.2) is 24.3 Å². The van der Waals surface area contributed by atoms with Crippen LogP contribution in [0.25, 0.3) is 0 Å². The molecule has 0 bridgehead atoms. The summed E-state index contributed by atoms with van der Waals surface area (Å²) in [7, 11) is 0. The van der Waals surface area contributed by atoms with E-state index in [-0.39, 0.29) is 50.7 Å². The molecule has 0 heterocycles. The van der Waals surface area contributed by atoms with E-state index in [0.717, 1.165) is 0 Å². The van der Waals surface area contributed by atoms with Crippen LogP contribution in [-0.2, 0) is 0 Å². The molecule has 144 valence electrons. The van der Waals surface area contributed by atoms with Gasteiger partial charge in [0.25, 0.3) is 5.91 Å². The molecule has 2 rings (SSSR count). The third-order valence-corrected chi connectivity index (χ3v) is 4.15. The van der Waals surface area contributed by atoms with Gasteiger partial charge in [-0.2, -0.15) is 0 Å². The Morgan fingerprint density at radius 1 is 1.07 bits per heavy atom. The van der Waals surface area contributed by atoms with Gasteiger partial charge in [0.2, 0.25) is 0 Å². The van der Waals surface area contributed by atoms with Gasteiger partial charge < -0.3 is 25.6 Å². The number of ether oxygens (including phenoxy) is 2. The summed E-state index contributed by atoms with van der Waals surface area (Å²) in [6, 6.07) is 5.48. The zero-order valence-electron chi connectivity index (χ0n) is 14.6. The minimum atomic E-state index is -1.21. The van der Waals surface area contributed by atoms with Crippen molar-refractivity contribution >= 4 is 46.5 Å². The molecule has 0 unspecified atom stereocenters. The van der Waals surface area contributed by atoms with Crippen LogP contribution in [0.1, 0.15) is 34.6 Å². The summed E-state index contributed by atoms with van der Waals surface area (Å²) in [6.07, 6.45) is 0. The van der Waals surface area contributed by atoms with Gasteiger partial charge in [-0.15, -0.1) is 0 Å². The lowest BCUT2D eigenvalue weighted by Gasteiger charge is -2.17. The molecule has 0 fully saturated rings. The second-order valence-corrected chi connectivity index (χ2v) is 6.11. The van der Waals surface area contributed by atoms with Gasteiger partial charge in [-0.3, -0.25) is 4.79 Å². The van der Waals surface area contributed by atoms with Gasteiger partial charge in [0.15, 0.2) is 5.75 Å². The van der Waals surface area contributed by atoms with Crippen LogP contribution < -0.4 is 20.5 Å². The SMILES string of the molecule is CCOc1cc(N)c(Cl)cc1C(=O)Nc1c(Cl)ccc(C(=O)O)c1OCC. The van der Waals surface area contributed by atoms with Gasteiger partial charge in [-0.1, -0.05) is 23.2 Å². The van der Waals surface area contributed by atoms with Crippen LogP contribution in [0.2, 0.25) is 10.0 Å². The third-order valence-electron chi connectivity index (χ3n) is 3.51. The van der Waals surface area contributed by atoms with Crippen molar-refractivity contribution in [2.45, 2.75) is 13.8 Å². The first kappa shape index (κ1) is 20.7. The minimum Gasteiger partial charge on any atom is -0.493 e. The fourth-order valence-electron chi connectivity index (χ4n) is 2.34. The van der Waals surface area contributed by atoms with Crippen LogP contribution in [0.4, 0.5) is 11.4 Å². The second-order valence-electron chi connectivity index (χ2n) is 5.29. The molecule has 0 saturated heterocycles. The van der Waals surface area contributed by atoms with E-state index in [2.05, 4.69) is 5.32 Å². The number of rotatable bonds is 7. The summed E-state index contributed by atoms with van der Waals surface area (Å²) < 4.78 is 10.9. The number of anilines is 2. The molecule has 0 saturated carbocycles. The first-order chi connectivity index (χ1) is 12.8. The average molecular weight is 413 g/mol. The molecular formula is C18H18Cl2N2O5. The third kappa shape index (κ3) is 4.56. The van der Waals surface area contributed by atoms with E-state index < -0.39 is 11.9 Å². The van der Waals surface area contributed by atoms with E-state index in [1.165, 1.54) is 24.3 Å². The molecule has 27 heavy (non-hydrogen) atoms. The summed E-state index contributed by atoms with van der Waals surface area (Å²) in [5.74, 6) is -1.62. The lowest BCUT2D eigenvalue weighted by atomic mass is 10.1. The van der Waals surface area contributed by atoms with Crippen LogP contribution in [0, 0.1) is 0 Å². The number of nitrogens with two attached hydrogens (primary N) is 1. The van der Waals surface area contributed by atoms with Gasteiger partial charge in [0.1, 0.15) is 17.0 Å². The van der Waals surface area contributed by atoms with Crippen molar-refractivity contribution < 1.29 is 24.2 Å². The van der Waals surface area contributed by atoms with Crippen molar-refractivity contribution in [2.75, 3.05) is 24.3 Å². The molecule has 0 radical (unpaired) electrons. The molecule has 7 nitrogen and oxygen atoms in total. The molecule has 2 aromatic carbocycles. The molecule has 4 N–H and O–H groups in total. The predicted molar refractivity (Wildman–Crippen MR) is 105 cm³/mol. The Kier molecular flexibility index (Phi) is 6.76. The van der Waals surface area contributed by atoms with Crippen LogP contribution in [0.5, 0.6) is 11.5 Å². The van der Waals surface area contributed by atoms with Crippen molar-refractivity contribution in [3.63, 3.8) is 0 Å². The smallest absolute Gasteiger partial charge is 0.339 e. The van der Waals surface area contributed by atoms with E-state index in [1.54, 1.807) is 13.8 Å². The largest absolute Gasteiger partial charge is 0.493 e. The number of nitrogen functional groups attached to an aromatic ring is 1. The summed E-state index contributed by atoms with van der Waals surface area (Å²) in [6.45, 7) is 3.93. The van der Waals surface area contributed by atoms with Gasteiger partial charge in [-0.25, -0.2) is 4.79 Å². The van der Waals surface area contributed by atoms with Crippen molar-refractivity contribution in [1.29, 1.82) is 0 Å². The van der Waals surface area contributed by atoms with E-state index in [0.29, 0.717) is 6.61 Å². The van der Waals surface area contributed by atoms with Crippen LogP contribution >= 0.6 is 23.2 Å². The molecule has 0 aliphatic heterocycles. The first-order valence-electron chi connectivity index (χ1n) is 8.01. The maximum absolute atomic E-state index is 12.8. The maximum Gasteiger partial charge on any atom is 0.339 e. The molecule has 0 atom stereocenters. The molecule has 2 aromatic rings. The number of hydrogen-bond donors (Lipinski definition) is 3. The zero-order chi connectivity index (χ0) is 20.1. The highest BCUT2D eigenvalue weighted by Crippen LogP contribution is 2.37. The lowest BCUT2D eigenvalue weighted by molar-refractivity contribution is 0.0692. The second kappa shape index (κ2) is 8.83. The Balaban J connectivity index is 2.51. The Hall–Kier alpha value is -2.64. The number of halogens is 2. The van der Waals surface area contributed by atoms with Crippen LogP contribution in [-0.4, -0.2) is 30.2 Å². The quantitative estimate of drug-likeness (QED) is 0.583. The lowest BCUT2D eigenvalue weighted by Crippen LogP contribution is -2.16. The molecule has 0 aliphatic rings. The molecule has 0 spiro atoms. The standard InChI is InChI=1S/C18H18Cl2N2O5/c1-3-26-14-8-13(21)12(20)7-10(14)17(23)22-15-11(19)6-5-9(18(24)25)16(15)27-4-2/h5-8H,3-4,21H2,1-2H3,(H,22,23)(H,24,25). The first-order valence-corrected chi connectivity index (χ1v) is 8.77. The number of carbonyl (C=O) groups is 2. The topological polar surface area (TPSA) is 111 Å². The number of amides is 1. The fraction of sp³-hybridized carbons (Fsp3) is 0.222. The monoisotopic (exact) mass is 412 g/mol. The number of carboxylic acid groups (broad SMARTS) is 1. The van der Waals surface area contributed by atoms with Crippen molar-refractivity contribution in [1.82, 2.24) is 0 Å². The number of benzene rings is 2. The highest BCUT2D eigenvalue weighted by Gasteiger charge is 2.22. The Labute approximate surface area is 166 Å². The van der Waals surface area contributed by atoms with E-state index in [1.807, 2.05) is 0 Å². The average Bonchev–Trinajstić information content (AvgIpc) is 2.61. The zero-order valence-corrected chi connectivity index (χ0v) is 16.1. The summed E-state index contributed by atoms with van der Waals surface area (Å²) in [4.78, 5) is 24.3. The summed E-state index contributed by atoms with van der Waals surface area (Å²) in [5.41, 5.74) is 6.06. The minimum absolute atomic E-state index is 0.0367. The Morgan fingerprint density at radius 2 is 1.74 bits per heavy atom. The molecule has 0 aliphatic carbocycles. The highest BCUT2D eigenvalue weighted by atomic mass is 35.5. The van der Waals surface area contributed by atoms with Gasteiger partial charge >= 0.3 is 5.97 Å². The highest BCUT2D eigenvalue weighted by molar-refractivity contribution is 6.35. The summed E-state index contributed by atoms with van der Waals surface area (Å²) >= 11 is 12.2. The molecule has 0 aromatic heterocycles. The number of carbonyl (C=O) groups excluding carboxylic acids is 1. The van der Waals surface area contributed by atoms with Crippen molar-refractivity contribution in [3.05, 3.63) is 45.4 Å². The van der Waals surface area contributed by atoms with E-state index in [4.69, 9.17) is 38.4 Å². The van der Waals surface area contributed by atoms with Crippen molar-refractivity contribution in [3.8, 4) is 11.5 Å². The Bertz CT molecular complexity index is 887. The van der Waals surface area contributed by atoms with Gasteiger partial charge in [0.05, 0.1) is 34.5 Å². The van der Waals surface area contributed by atoms with Gasteiger partial charge in [-0.05, 0) is 32.0 Å². The van der Waals surface area contributed by atoms with Crippen molar-refractivity contribution in [2.24, 2.45) is 0 Å². The summed E-state index contributed by atoms with van der Waals surface area (Å²) in [5, 5.41) is 12.2. The predicted octanol–water partition coefficient (Wildman–Crippen LogP) is 4.32. The number of hydrogen-bond acceptors (Lipinski definition) is 5. The molecule has 9 heteroatoms. The number of nitrogens with one attached hydrogen (secondary N) is 1. The number of aromatic carboxylic acids is 1. The fourth-order valence-corrected chi connectivity index (χ4v) is 2.70.